The van der Waals surface area contributed by atoms with Crippen molar-refractivity contribution in [1.29, 1.82) is 0 Å². The average Bonchev–Trinajstić information content (AvgIpc) is 4.06. The number of amides is 5. The Labute approximate surface area is 352 Å². The number of benzene rings is 2. The number of nitrogens with zero attached hydrogens (tertiary/aromatic N) is 5. The summed E-state index contributed by atoms with van der Waals surface area (Å²) >= 11 is 1.52. The SMILES string of the molecule is COC(=O)N[C@H](C(=O)N1CCCC1c1ncc(-c2cn3cc(-c4ccc(NC(=O)[C@@H]5CCCN5C(=O)[C@H](NC(=O)OC(C)(C)C)c5ccccc5)cc4)sc3n2)[nH]1)C(C)C. The van der Waals surface area contributed by atoms with E-state index in [4.69, 9.17) is 14.5 Å². The highest BCUT2D eigenvalue weighted by Crippen LogP contribution is 2.35. The molecule has 2 aromatic carbocycles. The molecule has 5 amide bonds. The summed E-state index contributed by atoms with van der Waals surface area (Å²) in [4.78, 5) is 83.8. The highest BCUT2D eigenvalue weighted by Gasteiger charge is 2.40. The van der Waals surface area contributed by atoms with Crippen molar-refractivity contribution in [2.75, 3.05) is 25.5 Å². The lowest BCUT2D eigenvalue weighted by Crippen LogP contribution is -2.51. The van der Waals surface area contributed by atoms with Crippen molar-refractivity contribution >= 4 is 51.9 Å². The molecule has 0 bridgehead atoms. The molecule has 60 heavy (non-hydrogen) atoms. The maximum atomic E-state index is 14.0. The molecule has 17 heteroatoms. The summed E-state index contributed by atoms with van der Waals surface area (Å²) in [5.74, 6) is -0.311. The summed E-state index contributed by atoms with van der Waals surface area (Å²) < 4.78 is 12.2. The van der Waals surface area contributed by atoms with E-state index in [9.17, 15) is 24.0 Å². The minimum atomic E-state index is -1.02. The average molecular weight is 838 g/mol. The van der Waals surface area contributed by atoms with Gasteiger partial charge in [0.1, 0.15) is 35.2 Å². The Kier molecular flexibility index (Phi) is 12.3. The highest BCUT2D eigenvalue weighted by molar-refractivity contribution is 7.20. The lowest BCUT2D eigenvalue weighted by molar-refractivity contribution is -0.138. The Morgan fingerprint density at radius 3 is 2.28 bits per heavy atom. The van der Waals surface area contributed by atoms with Crippen LogP contribution < -0.4 is 16.0 Å². The number of aromatic nitrogens is 4. The number of imidazole rings is 2. The van der Waals surface area contributed by atoms with E-state index in [0.717, 1.165) is 33.9 Å². The number of hydrogen-bond donors (Lipinski definition) is 4. The number of hydrogen-bond acceptors (Lipinski definition) is 10. The summed E-state index contributed by atoms with van der Waals surface area (Å²) in [6.45, 7) is 9.97. The van der Waals surface area contributed by atoms with Gasteiger partial charge in [-0.25, -0.2) is 19.6 Å². The third-order valence-corrected chi connectivity index (χ3v) is 11.6. The van der Waals surface area contributed by atoms with Gasteiger partial charge in [-0.2, -0.15) is 0 Å². The molecule has 0 spiro atoms. The van der Waals surface area contributed by atoms with E-state index in [-0.39, 0.29) is 29.7 Å². The van der Waals surface area contributed by atoms with Gasteiger partial charge in [-0.15, -0.1) is 0 Å². The van der Waals surface area contributed by atoms with E-state index in [1.165, 1.54) is 18.4 Å². The Morgan fingerprint density at radius 1 is 0.883 bits per heavy atom. The zero-order valence-corrected chi connectivity index (χ0v) is 35.4. The molecule has 4 N–H and O–H groups in total. The van der Waals surface area contributed by atoms with Crippen LogP contribution in [0.15, 0.2) is 73.2 Å². The fraction of sp³-hybridized carbons (Fsp3) is 0.419. The Bertz CT molecular complexity index is 2320. The van der Waals surface area contributed by atoms with Crippen LogP contribution in [0.3, 0.4) is 0 Å². The third kappa shape index (κ3) is 9.30. The van der Waals surface area contributed by atoms with Crippen LogP contribution in [0.5, 0.6) is 0 Å². The summed E-state index contributed by atoms with van der Waals surface area (Å²) in [6.07, 6.45) is 7.00. The van der Waals surface area contributed by atoms with Crippen molar-refractivity contribution in [1.82, 2.24) is 39.8 Å². The van der Waals surface area contributed by atoms with Crippen LogP contribution in [0.25, 0.3) is 26.8 Å². The van der Waals surface area contributed by atoms with Crippen molar-refractivity contribution in [3.8, 4) is 21.8 Å². The van der Waals surface area contributed by atoms with Crippen LogP contribution in [0.1, 0.15) is 83.8 Å². The predicted molar refractivity (Wildman–Crippen MR) is 226 cm³/mol. The second kappa shape index (κ2) is 17.6. The summed E-state index contributed by atoms with van der Waals surface area (Å²) in [5, 5.41) is 8.39. The van der Waals surface area contributed by atoms with Gasteiger partial charge in [-0.05, 0) is 75.6 Å². The first-order valence-corrected chi connectivity index (χ1v) is 21.0. The molecule has 1 unspecified atom stereocenters. The number of thiazole rings is 1. The zero-order chi connectivity index (χ0) is 42.7. The summed E-state index contributed by atoms with van der Waals surface area (Å²) in [7, 11) is 1.28. The van der Waals surface area contributed by atoms with Gasteiger partial charge >= 0.3 is 12.2 Å². The molecule has 0 radical (unpaired) electrons. The van der Waals surface area contributed by atoms with Crippen LogP contribution in [-0.2, 0) is 23.9 Å². The first kappa shape index (κ1) is 41.9. The second-order valence-electron chi connectivity index (χ2n) is 16.4. The molecule has 2 fully saturated rings. The zero-order valence-electron chi connectivity index (χ0n) is 34.6. The topological polar surface area (TPSA) is 192 Å². The summed E-state index contributed by atoms with van der Waals surface area (Å²) in [5.41, 5.74) is 2.82. The Morgan fingerprint density at radius 2 is 1.60 bits per heavy atom. The van der Waals surface area contributed by atoms with E-state index in [1.807, 2.05) is 61.0 Å². The van der Waals surface area contributed by atoms with Crippen molar-refractivity contribution < 1.29 is 33.4 Å². The number of carbonyl (C=O) groups excluding carboxylic acids is 5. The van der Waals surface area contributed by atoms with Crippen molar-refractivity contribution in [3.05, 3.63) is 84.6 Å². The van der Waals surface area contributed by atoms with E-state index in [0.29, 0.717) is 48.7 Å². The van der Waals surface area contributed by atoms with Crippen molar-refractivity contribution in [2.24, 2.45) is 5.92 Å². The highest BCUT2D eigenvalue weighted by atomic mass is 32.1. The largest absolute Gasteiger partial charge is 0.453 e. The number of methoxy groups -OCH3 is 1. The standard InChI is InChI=1S/C43H51N9O7S/c1-25(2)34(48-41(56)58-6)38(54)51-20-10-14-31(51)36-44-22-29(46-36)30-23-50-24-33(60-40(50)47-30)26-16-18-28(19-17-26)45-37(53)32-15-11-21-52(32)39(55)35(27-12-8-7-9-13-27)49-42(57)59-43(3,4)5/h7-9,12-13,16-19,22-25,31-32,34-35H,10-11,14-15,20-21H2,1-6H3,(H,44,46)(H,45,53)(H,48,56)(H,49,57)/t31?,32-,34-,35+/m0/s1. The molecular weight excluding hydrogens is 787 g/mol. The summed E-state index contributed by atoms with van der Waals surface area (Å²) in [6, 6.07) is 13.8. The molecule has 3 aromatic heterocycles. The van der Waals surface area contributed by atoms with Gasteiger partial charge in [0.15, 0.2) is 4.96 Å². The lowest BCUT2D eigenvalue weighted by atomic mass is 10.0. The predicted octanol–water partition coefficient (Wildman–Crippen LogP) is 6.69. The molecule has 2 saturated heterocycles. The van der Waals surface area contributed by atoms with E-state index >= 15 is 0 Å². The number of fused-ring (bicyclic) bond motifs is 1. The minimum Gasteiger partial charge on any atom is -0.453 e. The van der Waals surface area contributed by atoms with Gasteiger partial charge < -0.3 is 40.2 Å². The lowest BCUT2D eigenvalue weighted by Gasteiger charge is -2.29. The second-order valence-corrected chi connectivity index (χ2v) is 17.4. The molecule has 0 aliphatic carbocycles. The van der Waals surface area contributed by atoms with Crippen LogP contribution in [-0.4, -0.2) is 96.9 Å². The van der Waals surface area contributed by atoms with Gasteiger partial charge in [0, 0.05) is 31.2 Å². The van der Waals surface area contributed by atoms with Gasteiger partial charge in [0.2, 0.25) is 11.8 Å². The quantitative estimate of drug-likeness (QED) is 0.112. The Hall–Kier alpha value is -6.23. The van der Waals surface area contributed by atoms with Gasteiger partial charge in [-0.1, -0.05) is 67.6 Å². The number of rotatable bonds is 11. The normalized spacial score (nSPS) is 17.7. The van der Waals surface area contributed by atoms with Gasteiger partial charge in [0.25, 0.3) is 5.91 Å². The number of anilines is 1. The number of H-pyrrole nitrogens is 1. The molecule has 4 atom stereocenters. The minimum absolute atomic E-state index is 0.128. The van der Waals surface area contributed by atoms with Crippen molar-refractivity contribution in [3.63, 3.8) is 0 Å². The van der Waals surface area contributed by atoms with Crippen LogP contribution in [0, 0.1) is 5.92 Å². The van der Waals surface area contributed by atoms with Gasteiger partial charge in [0.05, 0.1) is 29.9 Å². The smallest absolute Gasteiger partial charge is 0.408 e. The number of carbonyl (C=O) groups is 5. The molecular formula is C43H51N9O7S. The van der Waals surface area contributed by atoms with Crippen molar-refractivity contribution in [2.45, 2.75) is 90.1 Å². The first-order valence-electron chi connectivity index (χ1n) is 20.1. The number of nitrogens with one attached hydrogen (secondary N) is 4. The number of ether oxygens (including phenoxy) is 2. The first-order chi connectivity index (χ1) is 28.7. The number of alkyl carbamates (subject to hydrolysis) is 2. The van der Waals surface area contributed by atoms with Crippen LogP contribution in [0.2, 0.25) is 0 Å². The maximum absolute atomic E-state index is 14.0. The maximum Gasteiger partial charge on any atom is 0.408 e. The Balaban J connectivity index is 0.990. The molecule has 16 nitrogen and oxygen atoms in total. The molecule has 0 saturated carbocycles. The van der Waals surface area contributed by atoms with E-state index < -0.39 is 35.9 Å². The molecule has 316 valence electrons. The molecule has 2 aliphatic rings. The van der Waals surface area contributed by atoms with E-state index in [2.05, 4.69) is 25.9 Å². The van der Waals surface area contributed by atoms with E-state index in [1.54, 1.807) is 61.0 Å². The van der Waals surface area contributed by atoms with Gasteiger partial charge in [-0.3, -0.25) is 18.8 Å². The molecule has 5 heterocycles. The fourth-order valence-corrected chi connectivity index (χ4v) is 8.63. The molecule has 5 aromatic rings. The van der Waals surface area contributed by atoms with Crippen LogP contribution in [0.4, 0.5) is 15.3 Å². The molecule has 7 rings (SSSR count). The fourth-order valence-electron chi connectivity index (χ4n) is 7.66. The number of aromatic amines is 1. The third-order valence-electron chi connectivity index (χ3n) is 10.6. The van der Waals surface area contributed by atoms with Crippen LogP contribution >= 0.6 is 11.3 Å². The molecule has 2 aliphatic heterocycles. The number of likely N-dealkylation sites (tertiary alicyclic amines) is 2. The monoisotopic (exact) mass is 837 g/mol.